The van der Waals surface area contributed by atoms with Gasteiger partial charge >= 0.3 is 6.18 Å². The molecule has 0 bridgehead atoms. The van der Waals surface area contributed by atoms with E-state index in [4.69, 9.17) is 0 Å². The Hall–Kier alpha value is -0.950. The summed E-state index contributed by atoms with van der Waals surface area (Å²) < 4.78 is 37.7. The Balaban J connectivity index is 2.42. The molecule has 1 heterocycles. The van der Waals surface area contributed by atoms with Crippen LogP contribution in [0, 0.1) is 0 Å². The number of alkyl halides is 3. The van der Waals surface area contributed by atoms with Crippen LogP contribution in [0.5, 0.6) is 0 Å². The zero-order valence-electron chi connectivity index (χ0n) is 9.18. The van der Waals surface area contributed by atoms with E-state index in [9.17, 15) is 13.2 Å². The second-order valence-corrected chi connectivity index (χ2v) is 5.16. The molecule has 2 aromatic rings. The van der Waals surface area contributed by atoms with Crippen molar-refractivity contribution in [3.8, 4) is 11.3 Å². The number of nitrogens with zero attached hydrogens (tertiary/aromatic N) is 1. The standard InChI is InChI=1S/C11H8BrF3N2S/c1-18-7-4-2-6(3-5-7)9-8(12)10(17-16-9)11(13,14)15/h2-5H,1H3,(H,16,17). The van der Waals surface area contributed by atoms with Crippen molar-refractivity contribution in [2.45, 2.75) is 11.1 Å². The number of aromatic amines is 1. The van der Waals surface area contributed by atoms with Gasteiger partial charge in [0.05, 0.1) is 4.47 Å². The topological polar surface area (TPSA) is 28.7 Å². The summed E-state index contributed by atoms with van der Waals surface area (Å²) in [4.78, 5) is 1.04. The van der Waals surface area contributed by atoms with Crippen molar-refractivity contribution in [2.75, 3.05) is 6.26 Å². The van der Waals surface area contributed by atoms with Crippen LogP contribution in [0.25, 0.3) is 11.3 Å². The second-order valence-electron chi connectivity index (χ2n) is 3.49. The van der Waals surface area contributed by atoms with Crippen LogP contribution < -0.4 is 0 Å². The van der Waals surface area contributed by atoms with E-state index < -0.39 is 11.9 Å². The smallest absolute Gasteiger partial charge is 0.272 e. The van der Waals surface area contributed by atoms with Crippen molar-refractivity contribution < 1.29 is 13.2 Å². The number of hydrogen-bond acceptors (Lipinski definition) is 2. The maximum absolute atomic E-state index is 12.6. The zero-order chi connectivity index (χ0) is 13.3. The third kappa shape index (κ3) is 2.56. The first-order valence-corrected chi connectivity index (χ1v) is 6.90. The fourth-order valence-electron chi connectivity index (χ4n) is 1.46. The molecule has 0 aliphatic heterocycles. The molecular weight excluding hydrogens is 329 g/mol. The van der Waals surface area contributed by atoms with Crippen LogP contribution in [0.3, 0.4) is 0 Å². The average molecular weight is 337 g/mol. The van der Waals surface area contributed by atoms with Crippen LogP contribution in [0.4, 0.5) is 13.2 Å². The Morgan fingerprint density at radius 2 is 1.83 bits per heavy atom. The summed E-state index contributed by atoms with van der Waals surface area (Å²) in [6, 6.07) is 7.17. The highest BCUT2D eigenvalue weighted by Gasteiger charge is 2.36. The summed E-state index contributed by atoms with van der Waals surface area (Å²) in [5.74, 6) is 0. The monoisotopic (exact) mass is 336 g/mol. The van der Waals surface area contributed by atoms with Gasteiger partial charge in [-0.25, -0.2) is 0 Å². The number of aromatic nitrogens is 2. The van der Waals surface area contributed by atoms with E-state index in [-0.39, 0.29) is 10.2 Å². The molecule has 0 atom stereocenters. The fraction of sp³-hybridized carbons (Fsp3) is 0.182. The Morgan fingerprint density at radius 1 is 1.22 bits per heavy atom. The molecule has 0 fully saturated rings. The minimum absolute atomic E-state index is 0.0631. The lowest BCUT2D eigenvalue weighted by Gasteiger charge is -2.03. The first-order valence-electron chi connectivity index (χ1n) is 4.89. The largest absolute Gasteiger partial charge is 0.433 e. The molecular formula is C11H8BrF3N2S. The Kier molecular flexibility index (Phi) is 3.72. The van der Waals surface area contributed by atoms with Gasteiger partial charge in [0.15, 0.2) is 5.69 Å². The molecule has 0 aliphatic rings. The van der Waals surface area contributed by atoms with E-state index in [0.29, 0.717) is 5.56 Å². The molecule has 1 aromatic carbocycles. The van der Waals surface area contributed by atoms with Crippen LogP contribution >= 0.6 is 27.7 Å². The van der Waals surface area contributed by atoms with E-state index in [2.05, 4.69) is 21.0 Å². The highest BCUT2D eigenvalue weighted by molar-refractivity contribution is 9.10. The highest BCUT2D eigenvalue weighted by Crippen LogP contribution is 2.38. The van der Waals surface area contributed by atoms with Gasteiger partial charge < -0.3 is 0 Å². The summed E-state index contributed by atoms with van der Waals surface area (Å²) >= 11 is 4.51. The molecule has 0 spiro atoms. The molecule has 0 radical (unpaired) electrons. The third-order valence-corrected chi connectivity index (χ3v) is 3.87. The normalized spacial score (nSPS) is 11.8. The van der Waals surface area contributed by atoms with Crippen LogP contribution in [-0.4, -0.2) is 16.5 Å². The van der Waals surface area contributed by atoms with E-state index in [1.54, 1.807) is 23.9 Å². The third-order valence-electron chi connectivity index (χ3n) is 2.35. The van der Waals surface area contributed by atoms with Gasteiger partial charge in [0, 0.05) is 10.5 Å². The van der Waals surface area contributed by atoms with Gasteiger partial charge in [0.2, 0.25) is 0 Å². The van der Waals surface area contributed by atoms with Crippen molar-refractivity contribution in [2.24, 2.45) is 0 Å². The molecule has 1 N–H and O–H groups in total. The van der Waals surface area contributed by atoms with Crippen molar-refractivity contribution >= 4 is 27.7 Å². The lowest BCUT2D eigenvalue weighted by molar-refractivity contribution is -0.141. The van der Waals surface area contributed by atoms with Crippen LogP contribution in [0.2, 0.25) is 0 Å². The highest BCUT2D eigenvalue weighted by atomic mass is 79.9. The molecule has 18 heavy (non-hydrogen) atoms. The van der Waals surface area contributed by atoms with E-state index in [0.717, 1.165) is 4.90 Å². The minimum Gasteiger partial charge on any atom is -0.272 e. The molecule has 0 amide bonds. The molecule has 0 saturated heterocycles. The zero-order valence-corrected chi connectivity index (χ0v) is 11.6. The fourth-order valence-corrected chi connectivity index (χ4v) is 2.50. The van der Waals surface area contributed by atoms with Crippen molar-refractivity contribution in [3.63, 3.8) is 0 Å². The van der Waals surface area contributed by atoms with Gasteiger partial charge in [0.25, 0.3) is 0 Å². The molecule has 1 aromatic heterocycles. The van der Waals surface area contributed by atoms with Crippen LogP contribution in [-0.2, 0) is 6.18 Å². The molecule has 2 rings (SSSR count). The SMILES string of the molecule is CSc1ccc(-c2n[nH]c(C(F)(F)F)c2Br)cc1. The predicted octanol–water partition coefficient (Wildman–Crippen LogP) is 4.58. The van der Waals surface area contributed by atoms with E-state index >= 15 is 0 Å². The maximum atomic E-state index is 12.6. The van der Waals surface area contributed by atoms with Gasteiger partial charge in [-0.15, -0.1) is 11.8 Å². The van der Waals surface area contributed by atoms with Crippen molar-refractivity contribution in [1.82, 2.24) is 10.2 Å². The van der Waals surface area contributed by atoms with Gasteiger partial charge in [-0.3, -0.25) is 5.10 Å². The lowest BCUT2D eigenvalue weighted by Crippen LogP contribution is -2.06. The minimum atomic E-state index is -4.44. The van der Waals surface area contributed by atoms with Gasteiger partial charge in [-0.1, -0.05) is 12.1 Å². The van der Waals surface area contributed by atoms with E-state index in [1.807, 2.05) is 23.5 Å². The van der Waals surface area contributed by atoms with Gasteiger partial charge in [0.1, 0.15) is 5.69 Å². The van der Waals surface area contributed by atoms with E-state index in [1.165, 1.54) is 0 Å². The lowest BCUT2D eigenvalue weighted by atomic mass is 10.1. The molecule has 0 saturated carbocycles. The summed E-state index contributed by atoms with van der Waals surface area (Å²) in [5.41, 5.74) is 0.0212. The summed E-state index contributed by atoms with van der Waals surface area (Å²) in [6.07, 6.45) is -2.51. The number of thioether (sulfide) groups is 1. The predicted molar refractivity (Wildman–Crippen MR) is 68.5 cm³/mol. The van der Waals surface area contributed by atoms with Crippen molar-refractivity contribution in [3.05, 3.63) is 34.4 Å². The number of nitrogens with one attached hydrogen (secondary N) is 1. The second kappa shape index (κ2) is 4.97. The number of hydrogen-bond donors (Lipinski definition) is 1. The molecule has 2 nitrogen and oxygen atoms in total. The first kappa shape index (κ1) is 13.5. The van der Waals surface area contributed by atoms with Crippen LogP contribution in [0.1, 0.15) is 5.69 Å². The number of rotatable bonds is 2. The van der Waals surface area contributed by atoms with Crippen LogP contribution in [0.15, 0.2) is 33.6 Å². The number of benzene rings is 1. The summed E-state index contributed by atoms with van der Waals surface area (Å²) in [7, 11) is 0. The molecule has 96 valence electrons. The Morgan fingerprint density at radius 3 is 2.28 bits per heavy atom. The quantitative estimate of drug-likeness (QED) is 0.813. The molecule has 0 unspecified atom stereocenters. The summed E-state index contributed by atoms with van der Waals surface area (Å²) in [5, 5.41) is 5.72. The Labute approximate surface area is 114 Å². The van der Waals surface area contributed by atoms with Gasteiger partial charge in [-0.2, -0.15) is 18.3 Å². The average Bonchev–Trinajstić information content (AvgIpc) is 2.71. The van der Waals surface area contributed by atoms with Crippen molar-refractivity contribution in [1.29, 1.82) is 0 Å². The summed E-state index contributed by atoms with van der Waals surface area (Å²) in [6.45, 7) is 0. The first-order chi connectivity index (χ1) is 8.43. The van der Waals surface area contributed by atoms with Gasteiger partial charge in [-0.05, 0) is 34.3 Å². The Bertz CT molecular complexity index is 548. The molecule has 0 aliphatic carbocycles. The number of H-pyrrole nitrogens is 1. The number of halogens is 4. The molecule has 7 heteroatoms. The maximum Gasteiger partial charge on any atom is 0.433 e.